The predicted octanol–water partition coefficient (Wildman–Crippen LogP) is 4.97. The van der Waals surface area contributed by atoms with Crippen molar-refractivity contribution in [3.63, 3.8) is 0 Å². The van der Waals surface area contributed by atoms with Crippen LogP contribution in [-0.4, -0.2) is 17.6 Å². The van der Waals surface area contributed by atoms with Crippen LogP contribution in [-0.2, 0) is 21.4 Å². The van der Waals surface area contributed by atoms with E-state index >= 15 is 0 Å². The first-order chi connectivity index (χ1) is 12.7. The summed E-state index contributed by atoms with van der Waals surface area (Å²) in [5, 5.41) is 0. The quantitative estimate of drug-likeness (QED) is 0.588. The predicted molar refractivity (Wildman–Crippen MR) is 109 cm³/mol. The van der Waals surface area contributed by atoms with Crippen LogP contribution in [0.2, 0.25) is 0 Å². The number of carbonyl (C=O) groups excluding carboxylic acids is 1. The van der Waals surface area contributed by atoms with E-state index in [1.54, 1.807) is 12.4 Å². The lowest BCUT2D eigenvalue weighted by atomic mass is 9.71. The van der Waals surface area contributed by atoms with Crippen LogP contribution in [0.4, 0.5) is 0 Å². The number of nitrogens with zero attached hydrogens (tertiary/aromatic N) is 1. The number of ether oxygens (including phenoxy) is 1. The van der Waals surface area contributed by atoms with Gasteiger partial charge in [0.2, 0.25) is 0 Å². The molecular weight excluding hydrogens is 358 g/mol. The van der Waals surface area contributed by atoms with E-state index in [2.05, 4.69) is 53.5 Å². The van der Waals surface area contributed by atoms with Crippen molar-refractivity contribution in [2.75, 3.05) is 6.61 Å². The van der Waals surface area contributed by atoms with Gasteiger partial charge in [-0.05, 0) is 53.3 Å². The Balaban J connectivity index is 0.00000210. The van der Waals surface area contributed by atoms with Gasteiger partial charge in [-0.1, -0.05) is 48.5 Å². The van der Waals surface area contributed by atoms with Gasteiger partial charge in [0.25, 0.3) is 0 Å². The molecule has 4 rings (SSSR count). The van der Waals surface area contributed by atoms with Gasteiger partial charge in [-0.15, -0.1) is 12.4 Å². The molecule has 0 saturated carbocycles. The molecule has 0 aliphatic heterocycles. The Morgan fingerprint density at radius 1 is 0.926 bits per heavy atom. The van der Waals surface area contributed by atoms with Gasteiger partial charge in [0.1, 0.15) is 0 Å². The molecule has 3 aromatic rings. The SMILES string of the molecule is CCOC(=O)CC1(Cc2ccncc2)c2ccccc2-c2ccccc21.Cl. The molecule has 0 unspecified atom stereocenters. The zero-order valence-corrected chi connectivity index (χ0v) is 16.0. The number of aromatic nitrogens is 1. The van der Waals surface area contributed by atoms with Crippen LogP contribution in [0.15, 0.2) is 73.1 Å². The minimum atomic E-state index is -0.416. The second kappa shape index (κ2) is 7.93. The lowest BCUT2D eigenvalue weighted by Crippen LogP contribution is -2.32. The van der Waals surface area contributed by atoms with Gasteiger partial charge in [0, 0.05) is 17.8 Å². The molecule has 27 heavy (non-hydrogen) atoms. The van der Waals surface area contributed by atoms with E-state index in [0.717, 1.165) is 12.0 Å². The molecular formula is C23H22ClNO2. The maximum atomic E-state index is 12.6. The number of rotatable bonds is 5. The highest BCUT2D eigenvalue weighted by Gasteiger charge is 2.44. The molecule has 1 aliphatic rings. The first-order valence-electron chi connectivity index (χ1n) is 8.98. The van der Waals surface area contributed by atoms with Crippen molar-refractivity contribution in [2.45, 2.75) is 25.2 Å². The van der Waals surface area contributed by atoms with E-state index in [9.17, 15) is 4.79 Å². The Morgan fingerprint density at radius 2 is 1.48 bits per heavy atom. The average molecular weight is 380 g/mol. The molecule has 4 heteroatoms. The lowest BCUT2D eigenvalue weighted by Gasteiger charge is -2.31. The normalized spacial score (nSPS) is 13.2. The van der Waals surface area contributed by atoms with E-state index in [0.29, 0.717) is 13.0 Å². The van der Waals surface area contributed by atoms with Crippen molar-refractivity contribution in [1.29, 1.82) is 0 Å². The highest BCUT2D eigenvalue weighted by molar-refractivity contribution is 5.85. The van der Waals surface area contributed by atoms with Crippen molar-refractivity contribution in [3.05, 3.63) is 89.7 Å². The molecule has 0 bridgehead atoms. The number of carbonyl (C=O) groups is 1. The Labute approximate surface area is 165 Å². The summed E-state index contributed by atoms with van der Waals surface area (Å²) in [6.07, 6.45) is 4.68. The third-order valence-electron chi connectivity index (χ3n) is 5.18. The second-order valence-electron chi connectivity index (χ2n) is 6.69. The summed E-state index contributed by atoms with van der Waals surface area (Å²) in [5.74, 6) is -0.159. The summed E-state index contributed by atoms with van der Waals surface area (Å²) in [5.41, 5.74) is 5.57. The van der Waals surface area contributed by atoms with Gasteiger partial charge in [-0.2, -0.15) is 0 Å². The topological polar surface area (TPSA) is 39.2 Å². The zero-order chi connectivity index (χ0) is 18.0. The number of hydrogen-bond donors (Lipinski definition) is 0. The van der Waals surface area contributed by atoms with Crippen LogP contribution in [0.5, 0.6) is 0 Å². The molecule has 0 amide bonds. The average Bonchev–Trinajstić information content (AvgIpc) is 2.94. The summed E-state index contributed by atoms with van der Waals surface area (Å²) < 4.78 is 5.35. The molecule has 2 aromatic carbocycles. The summed E-state index contributed by atoms with van der Waals surface area (Å²) >= 11 is 0. The van der Waals surface area contributed by atoms with E-state index in [1.165, 1.54) is 22.3 Å². The fourth-order valence-electron chi connectivity index (χ4n) is 4.17. The van der Waals surface area contributed by atoms with Gasteiger partial charge in [-0.25, -0.2) is 0 Å². The van der Waals surface area contributed by atoms with Crippen LogP contribution in [0.1, 0.15) is 30.0 Å². The van der Waals surface area contributed by atoms with Crippen LogP contribution < -0.4 is 0 Å². The Kier molecular flexibility index (Phi) is 5.62. The van der Waals surface area contributed by atoms with Crippen molar-refractivity contribution in [2.24, 2.45) is 0 Å². The molecule has 1 aromatic heterocycles. The first-order valence-corrected chi connectivity index (χ1v) is 8.98. The van der Waals surface area contributed by atoms with Gasteiger partial charge in [0.15, 0.2) is 0 Å². The smallest absolute Gasteiger partial charge is 0.307 e. The zero-order valence-electron chi connectivity index (χ0n) is 15.2. The number of halogens is 1. The van der Waals surface area contributed by atoms with Crippen LogP contribution in [0, 0.1) is 0 Å². The summed E-state index contributed by atoms with van der Waals surface area (Å²) in [7, 11) is 0. The van der Waals surface area contributed by atoms with Crippen LogP contribution in [0.25, 0.3) is 11.1 Å². The van der Waals surface area contributed by atoms with E-state index < -0.39 is 5.41 Å². The van der Waals surface area contributed by atoms with E-state index in [4.69, 9.17) is 4.74 Å². The number of esters is 1. The number of benzene rings is 2. The fourth-order valence-corrected chi connectivity index (χ4v) is 4.17. The van der Waals surface area contributed by atoms with E-state index in [1.807, 2.05) is 19.1 Å². The minimum absolute atomic E-state index is 0. The summed E-state index contributed by atoms with van der Waals surface area (Å²) in [4.78, 5) is 16.7. The van der Waals surface area contributed by atoms with Gasteiger partial charge in [0.05, 0.1) is 13.0 Å². The van der Waals surface area contributed by atoms with Crippen LogP contribution in [0.3, 0.4) is 0 Å². The number of hydrogen-bond acceptors (Lipinski definition) is 3. The third kappa shape index (κ3) is 3.35. The Hall–Kier alpha value is -2.65. The molecule has 0 saturated heterocycles. The molecule has 0 atom stereocenters. The van der Waals surface area contributed by atoms with Gasteiger partial charge < -0.3 is 4.74 Å². The second-order valence-corrected chi connectivity index (χ2v) is 6.69. The maximum Gasteiger partial charge on any atom is 0.307 e. The minimum Gasteiger partial charge on any atom is -0.466 e. The standard InChI is InChI=1S/C23H21NO2.ClH/c1-2-26-22(25)16-23(15-17-11-13-24-14-12-17)20-9-5-3-7-18(20)19-8-4-6-10-21(19)23;/h3-14H,2,15-16H2,1H3;1H. The number of pyridine rings is 1. The monoisotopic (exact) mass is 379 g/mol. The van der Waals surface area contributed by atoms with Crippen molar-refractivity contribution >= 4 is 18.4 Å². The first kappa shape index (κ1) is 19.1. The largest absolute Gasteiger partial charge is 0.466 e. The number of fused-ring (bicyclic) bond motifs is 3. The third-order valence-corrected chi connectivity index (χ3v) is 5.18. The maximum absolute atomic E-state index is 12.6. The molecule has 0 radical (unpaired) electrons. The van der Waals surface area contributed by atoms with Crippen molar-refractivity contribution in [1.82, 2.24) is 4.98 Å². The Bertz CT molecular complexity index is 894. The van der Waals surface area contributed by atoms with E-state index in [-0.39, 0.29) is 18.4 Å². The highest BCUT2D eigenvalue weighted by atomic mass is 35.5. The molecule has 0 spiro atoms. The lowest BCUT2D eigenvalue weighted by molar-refractivity contribution is -0.144. The van der Waals surface area contributed by atoms with Crippen LogP contribution >= 0.6 is 12.4 Å². The van der Waals surface area contributed by atoms with Crippen molar-refractivity contribution < 1.29 is 9.53 Å². The Morgan fingerprint density at radius 3 is 2.04 bits per heavy atom. The van der Waals surface area contributed by atoms with Gasteiger partial charge in [-0.3, -0.25) is 9.78 Å². The highest BCUT2D eigenvalue weighted by Crippen LogP contribution is 2.52. The molecule has 3 nitrogen and oxygen atoms in total. The molecule has 1 heterocycles. The fraction of sp³-hybridized carbons (Fsp3) is 0.217. The molecule has 0 N–H and O–H groups in total. The van der Waals surface area contributed by atoms with Gasteiger partial charge >= 0.3 is 5.97 Å². The summed E-state index contributed by atoms with van der Waals surface area (Å²) in [6, 6.07) is 20.9. The molecule has 1 aliphatic carbocycles. The molecule has 0 fully saturated rings. The summed E-state index contributed by atoms with van der Waals surface area (Å²) in [6.45, 7) is 2.25. The van der Waals surface area contributed by atoms with Crippen molar-refractivity contribution in [3.8, 4) is 11.1 Å². The molecule has 138 valence electrons.